The number of rotatable bonds is 8. The number of benzene rings is 1. The molecule has 0 amide bonds. The van der Waals surface area contributed by atoms with Crippen molar-refractivity contribution >= 4 is 5.69 Å². The van der Waals surface area contributed by atoms with E-state index in [9.17, 15) is 0 Å². The van der Waals surface area contributed by atoms with Crippen molar-refractivity contribution in [3.05, 3.63) is 55.1 Å². The Balaban J connectivity index is 2.23. The Kier molecular flexibility index (Phi) is 7.45. The normalized spacial score (nSPS) is 13.2. The monoisotopic (exact) mass is 242 g/mol. The van der Waals surface area contributed by atoms with E-state index in [0.717, 1.165) is 24.9 Å². The summed E-state index contributed by atoms with van der Waals surface area (Å²) < 4.78 is 0. The molecule has 0 N–H and O–H groups in total. The molecule has 1 rings (SSSR count). The van der Waals surface area contributed by atoms with Crippen LogP contribution in [0.5, 0.6) is 0 Å². The molecule has 96 valence electrons. The third-order valence-electron chi connectivity index (χ3n) is 2.55. The summed E-state index contributed by atoms with van der Waals surface area (Å²) in [6, 6.07) is 10.1. The number of unbranched alkanes of at least 4 members (excludes halogenated alkanes) is 2. The summed E-state index contributed by atoms with van der Waals surface area (Å²) in [5.41, 5.74) is 0.916. The molecule has 0 aliphatic rings. The van der Waals surface area contributed by atoms with Gasteiger partial charge in [-0.1, -0.05) is 36.4 Å². The third-order valence-corrected chi connectivity index (χ3v) is 2.55. The largest absolute Gasteiger partial charge is 0.185 e. The quantitative estimate of drug-likeness (QED) is 0.328. The summed E-state index contributed by atoms with van der Waals surface area (Å²) in [7, 11) is 0. The molecular formula is C16H22N2. The first-order valence-corrected chi connectivity index (χ1v) is 6.54. The van der Waals surface area contributed by atoms with E-state index >= 15 is 0 Å². The second-order valence-electron chi connectivity index (χ2n) is 4.33. The van der Waals surface area contributed by atoms with Crippen LogP contribution in [0.3, 0.4) is 0 Å². The SMILES string of the molecule is C=CCCCC=CCC(C)N=Nc1ccccc1. The lowest BCUT2D eigenvalue weighted by molar-refractivity contribution is 0.713. The van der Waals surface area contributed by atoms with Crippen LogP contribution in [0.25, 0.3) is 0 Å². The number of hydrogen-bond donors (Lipinski definition) is 0. The maximum absolute atomic E-state index is 4.29. The third kappa shape index (κ3) is 6.79. The molecule has 0 heterocycles. The van der Waals surface area contributed by atoms with Gasteiger partial charge in [0.05, 0.1) is 11.7 Å². The summed E-state index contributed by atoms with van der Waals surface area (Å²) in [6.45, 7) is 5.79. The van der Waals surface area contributed by atoms with Gasteiger partial charge in [-0.25, -0.2) is 0 Å². The number of nitrogens with zero attached hydrogens (tertiary/aromatic N) is 2. The molecule has 0 fully saturated rings. The predicted octanol–water partition coefficient (Wildman–Crippen LogP) is 5.46. The van der Waals surface area contributed by atoms with E-state index in [4.69, 9.17) is 0 Å². The Labute approximate surface area is 110 Å². The van der Waals surface area contributed by atoms with Crippen molar-refractivity contribution in [1.29, 1.82) is 0 Å². The first-order valence-electron chi connectivity index (χ1n) is 6.54. The van der Waals surface area contributed by atoms with Crippen LogP contribution in [0.2, 0.25) is 0 Å². The van der Waals surface area contributed by atoms with E-state index in [2.05, 4.69) is 35.9 Å². The second-order valence-corrected chi connectivity index (χ2v) is 4.33. The maximum atomic E-state index is 4.29. The zero-order valence-corrected chi connectivity index (χ0v) is 11.1. The van der Waals surface area contributed by atoms with Gasteiger partial charge in [0.15, 0.2) is 0 Å². The molecule has 0 aliphatic carbocycles. The van der Waals surface area contributed by atoms with Crippen molar-refractivity contribution in [2.24, 2.45) is 10.2 Å². The van der Waals surface area contributed by atoms with Gasteiger partial charge in [0.1, 0.15) is 0 Å². The Morgan fingerprint density at radius 1 is 1.17 bits per heavy atom. The van der Waals surface area contributed by atoms with Crippen molar-refractivity contribution in [2.45, 2.75) is 38.6 Å². The molecule has 1 unspecified atom stereocenters. The van der Waals surface area contributed by atoms with Crippen molar-refractivity contribution in [1.82, 2.24) is 0 Å². The van der Waals surface area contributed by atoms with E-state index in [-0.39, 0.29) is 6.04 Å². The molecular weight excluding hydrogens is 220 g/mol. The summed E-state index contributed by atoms with van der Waals surface area (Å²) in [6.07, 6.45) is 10.7. The molecule has 0 saturated carbocycles. The van der Waals surface area contributed by atoms with Gasteiger partial charge in [-0.3, -0.25) is 0 Å². The van der Waals surface area contributed by atoms with Gasteiger partial charge >= 0.3 is 0 Å². The summed E-state index contributed by atoms with van der Waals surface area (Å²) in [5.74, 6) is 0. The molecule has 2 nitrogen and oxygen atoms in total. The lowest BCUT2D eigenvalue weighted by Gasteiger charge is -1.99. The van der Waals surface area contributed by atoms with Gasteiger partial charge in [-0.2, -0.15) is 10.2 Å². The van der Waals surface area contributed by atoms with Gasteiger partial charge in [0, 0.05) is 0 Å². The average molecular weight is 242 g/mol. The minimum Gasteiger partial charge on any atom is -0.185 e. The molecule has 1 aromatic carbocycles. The maximum Gasteiger partial charge on any atom is 0.0852 e. The highest BCUT2D eigenvalue weighted by molar-refractivity contribution is 5.34. The van der Waals surface area contributed by atoms with Crippen molar-refractivity contribution < 1.29 is 0 Å². The molecule has 1 aromatic rings. The Hall–Kier alpha value is -1.70. The minimum absolute atomic E-state index is 0.237. The van der Waals surface area contributed by atoms with E-state index < -0.39 is 0 Å². The lowest BCUT2D eigenvalue weighted by atomic mass is 10.2. The van der Waals surface area contributed by atoms with Crippen LogP contribution in [0, 0.1) is 0 Å². The Bertz CT molecular complexity index is 379. The van der Waals surface area contributed by atoms with Gasteiger partial charge in [0.2, 0.25) is 0 Å². The van der Waals surface area contributed by atoms with Crippen LogP contribution in [-0.2, 0) is 0 Å². The fourth-order valence-electron chi connectivity index (χ4n) is 1.50. The molecule has 0 saturated heterocycles. The van der Waals surface area contributed by atoms with Crippen molar-refractivity contribution in [2.75, 3.05) is 0 Å². The van der Waals surface area contributed by atoms with Gasteiger partial charge < -0.3 is 0 Å². The Morgan fingerprint density at radius 2 is 1.94 bits per heavy atom. The molecule has 0 aromatic heterocycles. The molecule has 0 spiro atoms. The van der Waals surface area contributed by atoms with Crippen LogP contribution in [0.15, 0.2) is 65.4 Å². The highest BCUT2D eigenvalue weighted by atomic mass is 15.1. The fourth-order valence-corrected chi connectivity index (χ4v) is 1.50. The van der Waals surface area contributed by atoms with Gasteiger partial charge in [-0.05, 0) is 44.7 Å². The summed E-state index contributed by atoms with van der Waals surface area (Å²) in [4.78, 5) is 0. The predicted molar refractivity (Wildman–Crippen MR) is 78.2 cm³/mol. The molecule has 0 radical (unpaired) electrons. The minimum atomic E-state index is 0.237. The lowest BCUT2D eigenvalue weighted by Crippen LogP contribution is -1.93. The van der Waals surface area contributed by atoms with Crippen LogP contribution >= 0.6 is 0 Å². The summed E-state index contributed by atoms with van der Waals surface area (Å²) in [5, 5.41) is 8.50. The van der Waals surface area contributed by atoms with Crippen molar-refractivity contribution in [3.8, 4) is 0 Å². The first-order chi connectivity index (χ1) is 8.83. The van der Waals surface area contributed by atoms with E-state index in [1.54, 1.807) is 0 Å². The summed E-state index contributed by atoms with van der Waals surface area (Å²) >= 11 is 0. The Morgan fingerprint density at radius 3 is 2.67 bits per heavy atom. The van der Waals surface area contributed by atoms with Crippen LogP contribution in [0.1, 0.15) is 32.6 Å². The number of azo groups is 1. The van der Waals surface area contributed by atoms with Crippen LogP contribution in [0.4, 0.5) is 5.69 Å². The highest BCUT2D eigenvalue weighted by Crippen LogP contribution is 2.12. The second kappa shape index (κ2) is 9.34. The van der Waals surface area contributed by atoms with E-state index in [0.29, 0.717) is 0 Å². The molecule has 1 atom stereocenters. The standard InChI is InChI=1S/C16H22N2/c1-3-4-5-6-7-9-12-15(2)17-18-16-13-10-8-11-14-16/h3,7-11,13-15H,1,4-6,12H2,2H3. The van der Waals surface area contributed by atoms with E-state index in [1.165, 1.54) is 6.42 Å². The first kappa shape index (κ1) is 14.4. The van der Waals surface area contributed by atoms with Crippen molar-refractivity contribution in [3.63, 3.8) is 0 Å². The van der Waals surface area contributed by atoms with Crippen LogP contribution in [-0.4, -0.2) is 6.04 Å². The highest BCUT2D eigenvalue weighted by Gasteiger charge is 1.95. The zero-order valence-electron chi connectivity index (χ0n) is 11.1. The molecule has 0 aliphatic heterocycles. The number of hydrogen-bond acceptors (Lipinski definition) is 2. The van der Waals surface area contributed by atoms with Gasteiger partial charge in [0.25, 0.3) is 0 Å². The van der Waals surface area contributed by atoms with Crippen LogP contribution < -0.4 is 0 Å². The average Bonchev–Trinajstić information content (AvgIpc) is 2.41. The molecule has 18 heavy (non-hydrogen) atoms. The zero-order chi connectivity index (χ0) is 13.1. The molecule has 2 heteroatoms. The van der Waals surface area contributed by atoms with Gasteiger partial charge in [-0.15, -0.1) is 6.58 Å². The topological polar surface area (TPSA) is 24.7 Å². The fraction of sp³-hybridized carbons (Fsp3) is 0.375. The van der Waals surface area contributed by atoms with E-state index in [1.807, 2.05) is 36.4 Å². The smallest absolute Gasteiger partial charge is 0.0852 e. The number of allylic oxidation sites excluding steroid dienone is 2. The molecule has 0 bridgehead atoms.